The summed E-state index contributed by atoms with van der Waals surface area (Å²) >= 11 is 0. The van der Waals surface area contributed by atoms with Crippen LogP contribution in [0.1, 0.15) is 42.7 Å². The van der Waals surface area contributed by atoms with Gasteiger partial charge in [0.05, 0.1) is 11.6 Å². The maximum atomic E-state index is 13.8. The molecule has 0 aliphatic rings. The van der Waals surface area contributed by atoms with Crippen molar-refractivity contribution < 1.29 is 18.0 Å². The summed E-state index contributed by atoms with van der Waals surface area (Å²) in [4.78, 5) is 12.3. The number of carbonyl (C=O) groups is 1. The lowest BCUT2D eigenvalue weighted by atomic mass is 9.82. The highest BCUT2D eigenvalue weighted by molar-refractivity contribution is 5.94. The van der Waals surface area contributed by atoms with E-state index >= 15 is 0 Å². The molecule has 2 aromatic carbocycles. The molecule has 0 aromatic heterocycles. The summed E-state index contributed by atoms with van der Waals surface area (Å²) < 4.78 is 40.1. The smallest absolute Gasteiger partial charge is 0.254 e. The van der Waals surface area contributed by atoms with Gasteiger partial charge < -0.3 is 5.32 Å². The fourth-order valence-corrected chi connectivity index (χ4v) is 2.34. The molecule has 5 heteroatoms. The third-order valence-electron chi connectivity index (χ3n) is 3.54. The molecule has 2 nitrogen and oxygen atoms in total. The van der Waals surface area contributed by atoms with Gasteiger partial charge in [-0.2, -0.15) is 0 Å². The van der Waals surface area contributed by atoms with Gasteiger partial charge in [-0.15, -0.1) is 0 Å². The van der Waals surface area contributed by atoms with Crippen LogP contribution in [-0.2, 0) is 0 Å². The lowest BCUT2D eigenvalue weighted by molar-refractivity contribution is 0.0896. The number of rotatable bonds is 3. The molecule has 2 rings (SSSR count). The predicted molar refractivity (Wildman–Crippen MR) is 82.4 cm³/mol. The second-order valence-electron chi connectivity index (χ2n) is 6.43. The molecule has 1 amide bonds. The van der Waals surface area contributed by atoms with Gasteiger partial charge in [0, 0.05) is 0 Å². The Balaban J connectivity index is 2.33. The normalized spacial score (nSPS) is 12.8. The summed E-state index contributed by atoms with van der Waals surface area (Å²) in [6.45, 7) is 5.68. The summed E-state index contributed by atoms with van der Waals surface area (Å²) in [5, 5.41) is 2.71. The van der Waals surface area contributed by atoms with E-state index in [9.17, 15) is 18.0 Å². The molecule has 0 heterocycles. The van der Waals surface area contributed by atoms with Gasteiger partial charge in [0.15, 0.2) is 11.6 Å². The lowest BCUT2D eigenvalue weighted by Gasteiger charge is -2.32. The Morgan fingerprint density at radius 1 is 1.00 bits per heavy atom. The van der Waals surface area contributed by atoms with E-state index in [0.717, 1.165) is 6.07 Å². The zero-order valence-electron chi connectivity index (χ0n) is 13.2. The average Bonchev–Trinajstić information content (AvgIpc) is 2.47. The van der Waals surface area contributed by atoms with E-state index in [0.29, 0.717) is 5.56 Å². The molecule has 0 saturated heterocycles. The van der Waals surface area contributed by atoms with Gasteiger partial charge in [-0.1, -0.05) is 39.0 Å². The third-order valence-corrected chi connectivity index (χ3v) is 3.54. The highest BCUT2D eigenvalue weighted by atomic mass is 19.2. The van der Waals surface area contributed by atoms with Crippen LogP contribution in [0.5, 0.6) is 0 Å². The van der Waals surface area contributed by atoms with Crippen molar-refractivity contribution in [3.8, 4) is 0 Å². The number of hydrogen-bond acceptors (Lipinski definition) is 1. The van der Waals surface area contributed by atoms with Crippen molar-refractivity contribution in [2.75, 3.05) is 0 Å². The average molecular weight is 321 g/mol. The standard InChI is InChI=1S/C18H18F3NO/c1-18(2,3)16(11-7-9-12(19)10-8-11)22-17(23)13-5-4-6-14(20)15(13)21/h4-10,16H,1-3H3,(H,22,23). The summed E-state index contributed by atoms with van der Waals surface area (Å²) in [7, 11) is 0. The quantitative estimate of drug-likeness (QED) is 0.878. The summed E-state index contributed by atoms with van der Waals surface area (Å²) in [6, 6.07) is 8.67. The van der Waals surface area contributed by atoms with Gasteiger partial charge in [0.25, 0.3) is 5.91 Å². The van der Waals surface area contributed by atoms with E-state index in [1.54, 1.807) is 12.1 Å². The van der Waals surface area contributed by atoms with E-state index in [2.05, 4.69) is 5.32 Å². The molecule has 0 bridgehead atoms. The van der Waals surface area contributed by atoms with Crippen LogP contribution in [0.2, 0.25) is 0 Å². The zero-order valence-corrected chi connectivity index (χ0v) is 13.2. The molecule has 0 saturated carbocycles. The largest absolute Gasteiger partial charge is 0.345 e. The Hall–Kier alpha value is -2.30. The molecular formula is C18H18F3NO. The van der Waals surface area contributed by atoms with E-state index in [-0.39, 0.29) is 11.4 Å². The van der Waals surface area contributed by atoms with Gasteiger partial charge in [0.2, 0.25) is 0 Å². The van der Waals surface area contributed by atoms with Crippen LogP contribution in [0.3, 0.4) is 0 Å². The molecule has 122 valence electrons. The monoisotopic (exact) mass is 321 g/mol. The molecule has 1 atom stereocenters. The first-order chi connectivity index (χ1) is 10.7. The summed E-state index contributed by atoms with van der Waals surface area (Å²) in [5.41, 5.74) is -0.0810. The van der Waals surface area contributed by atoms with E-state index < -0.39 is 29.0 Å². The van der Waals surface area contributed by atoms with Crippen LogP contribution < -0.4 is 5.32 Å². The topological polar surface area (TPSA) is 29.1 Å². The van der Waals surface area contributed by atoms with Gasteiger partial charge in [-0.05, 0) is 35.2 Å². The first-order valence-electron chi connectivity index (χ1n) is 7.20. The van der Waals surface area contributed by atoms with Gasteiger partial charge in [-0.25, -0.2) is 13.2 Å². The van der Waals surface area contributed by atoms with E-state index in [4.69, 9.17) is 0 Å². The molecule has 0 aliphatic carbocycles. The van der Waals surface area contributed by atoms with Crippen LogP contribution in [0, 0.1) is 22.9 Å². The Kier molecular flexibility index (Phi) is 4.78. The maximum absolute atomic E-state index is 13.8. The molecule has 0 aliphatic heterocycles. The Bertz CT molecular complexity index is 705. The molecule has 2 aromatic rings. The van der Waals surface area contributed by atoms with Crippen molar-refractivity contribution in [3.63, 3.8) is 0 Å². The lowest BCUT2D eigenvalue weighted by Crippen LogP contribution is -2.37. The summed E-state index contributed by atoms with van der Waals surface area (Å²) in [6.07, 6.45) is 0. The first kappa shape index (κ1) is 17.1. The van der Waals surface area contributed by atoms with E-state index in [1.807, 2.05) is 20.8 Å². The Labute approximate surface area is 133 Å². The second kappa shape index (κ2) is 6.44. The number of halogens is 3. The molecule has 0 fully saturated rings. The number of amides is 1. The number of hydrogen-bond donors (Lipinski definition) is 1. The van der Waals surface area contributed by atoms with Crippen molar-refractivity contribution in [2.45, 2.75) is 26.8 Å². The maximum Gasteiger partial charge on any atom is 0.254 e. The van der Waals surface area contributed by atoms with Crippen LogP contribution in [-0.4, -0.2) is 5.91 Å². The zero-order chi connectivity index (χ0) is 17.2. The van der Waals surface area contributed by atoms with Crippen molar-refractivity contribution in [1.82, 2.24) is 5.32 Å². The molecule has 0 spiro atoms. The van der Waals surface area contributed by atoms with Crippen molar-refractivity contribution >= 4 is 5.91 Å². The van der Waals surface area contributed by atoms with Gasteiger partial charge in [-0.3, -0.25) is 4.79 Å². The second-order valence-corrected chi connectivity index (χ2v) is 6.43. The Morgan fingerprint density at radius 3 is 2.17 bits per heavy atom. The first-order valence-corrected chi connectivity index (χ1v) is 7.20. The molecular weight excluding hydrogens is 303 g/mol. The fourth-order valence-electron chi connectivity index (χ4n) is 2.34. The predicted octanol–water partition coefficient (Wildman–Crippen LogP) is 4.62. The number of nitrogens with one attached hydrogen (secondary N) is 1. The minimum absolute atomic E-state index is 0.360. The van der Waals surface area contributed by atoms with Crippen molar-refractivity contribution in [1.29, 1.82) is 0 Å². The van der Waals surface area contributed by atoms with Crippen molar-refractivity contribution in [2.24, 2.45) is 5.41 Å². The van der Waals surface area contributed by atoms with Crippen molar-refractivity contribution in [3.05, 3.63) is 71.0 Å². The SMILES string of the molecule is CC(C)(C)C(NC(=O)c1cccc(F)c1F)c1ccc(F)cc1. The fraction of sp³-hybridized carbons (Fsp3) is 0.278. The van der Waals surface area contributed by atoms with E-state index in [1.165, 1.54) is 24.3 Å². The van der Waals surface area contributed by atoms with Gasteiger partial charge >= 0.3 is 0 Å². The molecule has 1 unspecified atom stereocenters. The molecule has 1 N–H and O–H groups in total. The highest BCUT2D eigenvalue weighted by Crippen LogP contribution is 2.33. The Morgan fingerprint density at radius 2 is 1.61 bits per heavy atom. The molecule has 0 radical (unpaired) electrons. The highest BCUT2D eigenvalue weighted by Gasteiger charge is 2.29. The van der Waals surface area contributed by atoms with Gasteiger partial charge in [0.1, 0.15) is 5.82 Å². The molecule has 23 heavy (non-hydrogen) atoms. The minimum atomic E-state index is -1.18. The third kappa shape index (κ3) is 3.92. The number of carbonyl (C=O) groups excluding carboxylic acids is 1. The van der Waals surface area contributed by atoms with Crippen LogP contribution in [0.25, 0.3) is 0 Å². The number of benzene rings is 2. The minimum Gasteiger partial charge on any atom is -0.345 e. The van der Waals surface area contributed by atoms with Crippen LogP contribution in [0.15, 0.2) is 42.5 Å². The summed E-state index contributed by atoms with van der Waals surface area (Å²) in [5.74, 6) is -3.36. The van der Waals surface area contributed by atoms with Crippen LogP contribution >= 0.6 is 0 Å². The van der Waals surface area contributed by atoms with Crippen LogP contribution in [0.4, 0.5) is 13.2 Å².